The normalized spacial score (nSPS) is 24.9. The number of hydrogen-bond donors (Lipinski definition) is 1. The molecule has 1 unspecified atom stereocenters. The van der Waals surface area contributed by atoms with E-state index >= 15 is 0 Å². The number of rotatable bonds is 7. The van der Waals surface area contributed by atoms with Crippen molar-refractivity contribution in [3.63, 3.8) is 0 Å². The first-order chi connectivity index (χ1) is 10.9. The van der Waals surface area contributed by atoms with Crippen LogP contribution in [0.3, 0.4) is 0 Å². The Morgan fingerprint density at radius 3 is 2.52 bits per heavy atom. The first kappa shape index (κ1) is 18.6. The van der Waals surface area contributed by atoms with Crippen molar-refractivity contribution >= 4 is 15.9 Å². The van der Waals surface area contributed by atoms with Gasteiger partial charge in [0.05, 0.1) is 12.9 Å². The minimum Gasteiger partial charge on any atom is -0.383 e. The summed E-state index contributed by atoms with van der Waals surface area (Å²) in [5.41, 5.74) is 0. The van der Waals surface area contributed by atoms with Crippen LogP contribution in [0.15, 0.2) is 0 Å². The van der Waals surface area contributed by atoms with E-state index in [9.17, 15) is 13.2 Å². The highest BCUT2D eigenvalue weighted by Gasteiger charge is 2.36. The molecule has 0 aromatic rings. The lowest BCUT2D eigenvalue weighted by atomic mass is 9.96. The van der Waals surface area contributed by atoms with Crippen LogP contribution in [-0.4, -0.2) is 82.3 Å². The maximum atomic E-state index is 12.3. The summed E-state index contributed by atoms with van der Waals surface area (Å²) in [6.45, 7) is 4.87. The molecule has 2 heterocycles. The minimum atomic E-state index is -3.30. The molecule has 0 aromatic heterocycles. The monoisotopic (exact) mass is 347 g/mol. The second kappa shape index (κ2) is 8.41. The highest BCUT2D eigenvalue weighted by Crippen LogP contribution is 2.21. The van der Waals surface area contributed by atoms with Gasteiger partial charge in [-0.3, -0.25) is 4.79 Å². The zero-order valence-corrected chi connectivity index (χ0v) is 15.0. The van der Waals surface area contributed by atoms with Crippen molar-refractivity contribution in [1.82, 2.24) is 14.5 Å². The van der Waals surface area contributed by atoms with Crippen LogP contribution in [0.25, 0.3) is 0 Å². The number of hydrogen-bond acceptors (Lipinski definition) is 5. The molecule has 1 N–H and O–H groups in total. The topological polar surface area (TPSA) is 79.0 Å². The number of carbonyl (C=O) groups excluding carboxylic acids is 1. The maximum absolute atomic E-state index is 12.3. The molecular formula is C15H29N3O4S. The molecule has 1 atom stereocenters. The summed E-state index contributed by atoms with van der Waals surface area (Å²) in [4.78, 5) is 14.7. The average Bonchev–Trinajstić information content (AvgIpc) is 3.01. The Labute approximate surface area is 139 Å². The molecule has 0 aliphatic carbocycles. The van der Waals surface area contributed by atoms with Crippen molar-refractivity contribution in [3.05, 3.63) is 0 Å². The quantitative estimate of drug-likeness (QED) is 0.695. The predicted molar refractivity (Wildman–Crippen MR) is 88.6 cm³/mol. The number of likely N-dealkylation sites (tertiary alicyclic amines) is 1. The zero-order chi connectivity index (χ0) is 16.9. The van der Waals surface area contributed by atoms with Crippen molar-refractivity contribution in [2.75, 3.05) is 52.7 Å². The molecular weight excluding hydrogens is 318 g/mol. The van der Waals surface area contributed by atoms with Crippen LogP contribution in [0, 0.1) is 5.92 Å². The summed E-state index contributed by atoms with van der Waals surface area (Å²) in [6, 6.07) is -0.521. The van der Waals surface area contributed by atoms with Crippen LogP contribution in [-0.2, 0) is 19.6 Å². The maximum Gasteiger partial charge on any atom is 0.238 e. The molecule has 8 heteroatoms. The Kier molecular flexibility index (Phi) is 6.82. The summed E-state index contributed by atoms with van der Waals surface area (Å²) in [7, 11) is -1.59. The third kappa shape index (κ3) is 5.41. The van der Waals surface area contributed by atoms with Gasteiger partial charge >= 0.3 is 0 Å². The molecule has 7 nitrogen and oxygen atoms in total. The van der Waals surface area contributed by atoms with Gasteiger partial charge in [0, 0.05) is 26.7 Å². The SMILES string of the molecule is COCCN1CCC(CNC(=O)C2CCCN2S(C)(=O)=O)CC1. The number of nitrogens with zero attached hydrogens (tertiary/aromatic N) is 2. The fraction of sp³-hybridized carbons (Fsp3) is 0.933. The van der Waals surface area contributed by atoms with Crippen LogP contribution < -0.4 is 5.32 Å². The second-order valence-electron chi connectivity index (χ2n) is 6.55. The van der Waals surface area contributed by atoms with Crippen LogP contribution in [0.4, 0.5) is 0 Å². The minimum absolute atomic E-state index is 0.144. The van der Waals surface area contributed by atoms with Crippen molar-refractivity contribution in [3.8, 4) is 0 Å². The molecule has 2 aliphatic heterocycles. The summed E-state index contributed by atoms with van der Waals surface area (Å²) in [6.07, 6.45) is 4.67. The standard InChI is InChI=1S/C15H29N3O4S/c1-22-11-10-17-8-5-13(6-9-17)12-16-15(19)14-4-3-7-18(14)23(2,20)21/h13-14H,3-12H2,1-2H3,(H,16,19). The van der Waals surface area contributed by atoms with Gasteiger partial charge in [-0.2, -0.15) is 4.31 Å². The van der Waals surface area contributed by atoms with E-state index in [4.69, 9.17) is 4.74 Å². The zero-order valence-electron chi connectivity index (χ0n) is 14.2. The lowest BCUT2D eigenvalue weighted by molar-refractivity contribution is -0.124. The lowest BCUT2D eigenvalue weighted by Gasteiger charge is -2.32. The average molecular weight is 347 g/mol. The Morgan fingerprint density at radius 2 is 1.91 bits per heavy atom. The Balaban J connectivity index is 1.73. The van der Waals surface area contributed by atoms with Crippen molar-refractivity contribution in [1.29, 1.82) is 0 Å². The summed E-state index contributed by atoms with van der Waals surface area (Å²) < 4.78 is 29.8. The van der Waals surface area contributed by atoms with E-state index < -0.39 is 16.1 Å². The first-order valence-corrected chi connectivity index (χ1v) is 10.2. The van der Waals surface area contributed by atoms with Crippen LogP contribution in [0.1, 0.15) is 25.7 Å². The van der Waals surface area contributed by atoms with E-state index in [2.05, 4.69) is 10.2 Å². The fourth-order valence-corrected chi connectivity index (χ4v) is 4.52. The van der Waals surface area contributed by atoms with Crippen molar-refractivity contribution in [2.24, 2.45) is 5.92 Å². The summed E-state index contributed by atoms with van der Waals surface area (Å²) >= 11 is 0. The molecule has 0 aromatic carbocycles. The van der Waals surface area contributed by atoms with Gasteiger partial charge in [0.25, 0.3) is 0 Å². The van der Waals surface area contributed by atoms with Gasteiger partial charge < -0.3 is 15.0 Å². The third-order valence-electron chi connectivity index (χ3n) is 4.82. The number of sulfonamides is 1. The second-order valence-corrected chi connectivity index (χ2v) is 8.49. The first-order valence-electron chi connectivity index (χ1n) is 8.37. The fourth-order valence-electron chi connectivity index (χ4n) is 3.40. The number of nitrogens with one attached hydrogen (secondary N) is 1. The van der Waals surface area contributed by atoms with Gasteiger partial charge in [0.15, 0.2) is 0 Å². The molecule has 0 saturated carbocycles. The van der Waals surface area contributed by atoms with Crippen LogP contribution in [0.5, 0.6) is 0 Å². The lowest BCUT2D eigenvalue weighted by Crippen LogP contribution is -2.47. The predicted octanol–water partition coefficient (Wildman–Crippen LogP) is -0.115. The third-order valence-corrected chi connectivity index (χ3v) is 6.11. The molecule has 134 valence electrons. The van der Waals surface area contributed by atoms with Gasteiger partial charge in [-0.1, -0.05) is 0 Å². The van der Waals surface area contributed by atoms with E-state index in [1.165, 1.54) is 10.6 Å². The molecule has 2 aliphatic rings. The Morgan fingerprint density at radius 1 is 1.22 bits per heavy atom. The largest absolute Gasteiger partial charge is 0.383 e. The Hall–Kier alpha value is -0.700. The smallest absolute Gasteiger partial charge is 0.238 e. The number of ether oxygens (including phenoxy) is 1. The highest BCUT2D eigenvalue weighted by molar-refractivity contribution is 7.88. The van der Waals surface area contributed by atoms with Gasteiger partial charge in [0.1, 0.15) is 6.04 Å². The molecule has 2 fully saturated rings. The van der Waals surface area contributed by atoms with E-state index in [0.717, 1.165) is 45.5 Å². The van der Waals surface area contributed by atoms with E-state index in [1.807, 2.05) is 0 Å². The van der Waals surface area contributed by atoms with E-state index in [1.54, 1.807) is 7.11 Å². The summed E-state index contributed by atoms with van der Waals surface area (Å²) in [5, 5.41) is 2.97. The number of amides is 1. The van der Waals surface area contributed by atoms with Crippen LogP contribution >= 0.6 is 0 Å². The van der Waals surface area contributed by atoms with Crippen LogP contribution in [0.2, 0.25) is 0 Å². The number of methoxy groups -OCH3 is 1. The Bertz CT molecular complexity index is 489. The van der Waals surface area contributed by atoms with Gasteiger partial charge in [-0.15, -0.1) is 0 Å². The molecule has 0 bridgehead atoms. The van der Waals surface area contributed by atoms with Gasteiger partial charge in [0.2, 0.25) is 15.9 Å². The molecule has 2 saturated heterocycles. The molecule has 0 spiro atoms. The summed E-state index contributed by atoms with van der Waals surface area (Å²) in [5.74, 6) is 0.334. The number of carbonyl (C=O) groups is 1. The molecule has 2 rings (SSSR count). The van der Waals surface area contributed by atoms with Crippen molar-refractivity contribution in [2.45, 2.75) is 31.7 Å². The van der Waals surface area contributed by atoms with E-state index in [0.29, 0.717) is 25.4 Å². The van der Waals surface area contributed by atoms with Gasteiger partial charge in [-0.25, -0.2) is 8.42 Å². The molecule has 23 heavy (non-hydrogen) atoms. The van der Waals surface area contributed by atoms with Crippen molar-refractivity contribution < 1.29 is 17.9 Å². The molecule has 0 radical (unpaired) electrons. The van der Waals surface area contributed by atoms with E-state index in [-0.39, 0.29) is 5.91 Å². The molecule has 1 amide bonds. The van der Waals surface area contributed by atoms with Gasteiger partial charge in [-0.05, 0) is 44.7 Å². The highest BCUT2D eigenvalue weighted by atomic mass is 32.2. The number of piperidine rings is 1.